The van der Waals surface area contributed by atoms with E-state index >= 15 is 0 Å². The predicted molar refractivity (Wildman–Crippen MR) is 126 cm³/mol. The molecule has 2 aliphatic rings. The fourth-order valence-corrected chi connectivity index (χ4v) is 4.68. The summed E-state index contributed by atoms with van der Waals surface area (Å²) in [7, 11) is 0. The number of aryl methyl sites for hydroxylation is 1. The Labute approximate surface area is 189 Å². The SMILES string of the molecule is Cc1ccc2c(C3CCN(CCc4ccc5c(c4)NC(=O)CO5)CC3)cccc2n1.Cl. The number of nitrogens with zero attached hydrogens (tertiary/aromatic N) is 2. The Bertz CT molecular complexity index is 1090. The number of pyridine rings is 1. The van der Waals surface area contributed by atoms with E-state index in [2.05, 4.69) is 46.6 Å². The van der Waals surface area contributed by atoms with Crippen LogP contribution < -0.4 is 10.1 Å². The minimum atomic E-state index is -0.0829. The normalized spacial score (nSPS) is 16.9. The highest BCUT2D eigenvalue weighted by Gasteiger charge is 2.22. The smallest absolute Gasteiger partial charge is 0.262 e. The third-order valence-electron chi connectivity index (χ3n) is 6.33. The standard InChI is InChI=1S/C25H27N3O2.ClH/c1-17-5-7-21-20(3-2-4-22(21)26-17)19-10-13-28(14-11-19)12-9-18-6-8-24-23(15-18)27-25(29)16-30-24;/h2-8,15,19H,9-14,16H2,1H3,(H,27,29);1H. The Hall–Kier alpha value is -2.63. The van der Waals surface area contributed by atoms with Gasteiger partial charge in [-0.1, -0.05) is 24.3 Å². The van der Waals surface area contributed by atoms with Crippen LogP contribution in [0.5, 0.6) is 5.75 Å². The zero-order valence-corrected chi connectivity index (χ0v) is 18.6. The van der Waals surface area contributed by atoms with Gasteiger partial charge in [0.05, 0.1) is 11.2 Å². The highest BCUT2D eigenvalue weighted by Crippen LogP contribution is 2.33. The average Bonchev–Trinajstić information content (AvgIpc) is 2.77. The molecule has 0 radical (unpaired) electrons. The topological polar surface area (TPSA) is 54.5 Å². The molecular weight excluding hydrogens is 410 g/mol. The van der Waals surface area contributed by atoms with Crippen molar-refractivity contribution in [2.45, 2.75) is 32.1 Å². The Kier molecular flexibility index (Phi) is 6.44. The van der Waals surface area contributed by atoms with E-state index in [-0.39, 0.29) is 24.9 Å². The van der Waals surface area contributed by atoms with E-state index in [9.17, 15) is 4.79 Å². The highest BCUT2D eigenvalue weighted by atomic mass is 35.5. The van der Waals surface area contributed by atoms with Gasteiger partial charge in [-0.15, -0.1) is 12.4 Å². The van der Waals surface area contributed by atoms with Crippen LogP contribution in [0.2, 0.25) is 0 Å². The number of benzene rings is 2. The summed E-state index contributed by atoms with van der Waals surface area (Å²) < 4.78 is 5.45. The molecule has 5 nitrogen and oxygen atoms in total. The molecule has 2 aromatic carbocycles. The number of aromatic nitrogens is 1. The molecule has 0 spiro atoms. The van der Waals surface area contributed by atoms with Gasteiger partial charge in [0.15, 0.2) is 6.61 Å². The van der Waals surface area contributed by atoms with Gasteiger partial charge in [0.1, 0.15) is 5.75 Å². The predicted octanol–water partition coefficient (Wildman–Crippen LogP) is 4.72. The van der Waals surface area contributed by atoms with E-state index in [1.165, 1.54) is 29.4 Å². The van der Waals surface area contributed by atoms with Crippen LogP contribution in [0.15, 0.2) is 48.5 Å². The molecule has 0 aliphatic carbocycles. The highest BCUT2D eigenvalue weighted by molar-refractivity contribution is 5.95. The van der Waals surface area contributed by atoms with E-state index in [0.717, 1.165) is 48.7 Å². The lowest BCUT2D eigenvalue weighted by molar-refractivity contribution is -0.118. The van der Waals surface area contributed by atoms with Crippen molar-refractivity contribution in [3.05, 3.63) is 65.4 Å². The Balaban J connectivity index is 0.00000231. The van der Waals surface area contributed by atoms with E-state index in [1.54, 1.807) is 0 Å². The van der Waals surface area contributed by atoms with Crippen molar-refractivity contribution in [3.63, 3.8) is 0 Å². The summed E-state index contributed by atoms with van der Waals surface area (Å²) in [5.74, 6) is 1.28. The van der Waals surface area contributed by atoms with Gasteiger partial charge in [-0.05, 0) is 80.6 Å². The third kappa shape index (κ3) is 4.68. The fourth-order valence-electron chi connectivity index (χ4n) is 4.68. The van der Waals surface area contributed by atoms with E-state index < -0.39 is 0 Å². The molecule has 1 fully saturated rings. The van der Waals surface area contributed by atoms with Crippen molar-refractivity contribution in [1.82, 2.24) is 9.88 Å². The molecule has 1 aromatic heterocycles. The number of anilines is 1. The first-order valence-corrected chi connectivity index (χ1v) is 10.8. The molecular formula is C25H28ClN3O2. The molecule has 1 N–H and O–H groups in total. The monoisotopic (exact) mass is 437 g/mol. The fraction of sp³-hybridized carbons (Fsp3) is 0.360. The summed E-state index contributed by atoms with van der Waals surface area (Å²) in [5.41, 5.74) is 5.66. The van der Waals surface area contributed by atoms with Gasteiger partial charge in [0.2, 0.25) is 0 Å². The summed E-state index contributed by atoms with van der Waals surface area (Å²) in [6, 6.07) is 17.0. The van der Waals surface area contributed by atoms with E-state index in [4.69, 9.17) is 9.72 Å². The summed E-state index contributed by atoms with van der Waals surface area (Å²) in [6.45, 7) is 5.43. The van der Waals surface area contributed by atoms with Gasteiger partial charge >= 0.3 is 0 Å². The van der Waals surface area contributed by atoms with Crippen LogP contribution in [0.3, 0.4) is 0 Å². The molecule has 3 aromatic rings. The molecule has 0 unspecified atom stereocenters. The van der Waals surface area contributed by atoms with Crippen LogP contribution in [-0.2, 0) is 11.2 Å². The number of fused-ring (bicyclic) bond motifs is 2. The molecule has 2 aliphatic heterocycles. The summed E-state index contributed by atoms with van der Waals surface area (Å²) in [6.07, 6.45) is 3.34. The molecule has 162 valence electrons. The van der Waals surface area contributed by atoms with Crippen LogP contribution in [0.25, 0.3) is 10.9 Å². The molecule has 0 atom stereocenters. The number of piperidine rings is 1. The summed E-state index contributed by atoms with van der Waals surface area (Å²) >= 11 is 0. The maximum absolute atomic E-state index is 11.5. The van der Waals surface area contributed by atoms with Crippen molar-refractivity contribution in [1.29, 1.82) is 0 Å². The lowest BCUT2D eigenvalue weighted by Crippen LogP contribution is -2.34. The van der Waals surface area contributed by atoms with Gasteiger partial charge in [-0.3, -0.25) is 9.78 Å². The number of amides is 1. The quantitative estimate of drug-likeness (QED) is 0.641. The summed E-state index contributed by atoms with van der Waals surface area (Å²) in [4.78, 5) is 18.8. The van der Waals surface area contributed by atoms with Gasteiger partial charge in [-0.2, -0.15) is 0 Å². The van der Waals surface area contributed by atoms with Crippen molar-refractivity contribution in [2.24, 2.45) is 0 Å². The van der Waals surface area contributed by atoms with E-state index in [0.29, 0.717) is 5.92 Å². The number of likely N-dealkylation sites (tertiary alicyclic amines) is 1. The molecule has 0 bridgehead atoms. The number of hydrogen-bond donors (Lipinski definition) is 1. The molecule has 6 heteroatoms. The molecule has 1 saturated heterocycles. The molecule has 1 amide bonds. The minimum Gasteiger partial charge on any atom is -0.482 e. The number of nitrogens with one attached hydrogen (secondary N) is 1. The van der Waals surface area contributed by atoms with Crippen molar-refractivity contribution >= 4 is 34.9 Å². The van der Waals surface area contributed by atoms with Crippen LogP contribution >= 0.6 is 12.4 Å². The molecule has 0 saturated carbocycles. The zero-order valence-electron chi connectivity index (χ0n) is 17.8. The van der Waals surface area contributed by atoms with Gasteiger partial charge < -0.3 is 15.0 Å². The second kappa shape index (κ2) is 9.25. The molecule has 31 heavy (non-hydrogen) atoms. The maximum atomic E-state index is 11.5. The van der Waals surface area contributed by atoms with Gasteiger partial charge in [0, 0.05) is 17.6 Å². The van der Waals surface area contributed by atoms with Crippen LogP contribution in [-0.4, -0.2) is 42.0 Å². The van der Waals surface area contributed by atoms with Crippen LogP contribution in [0.1, 0.15) is 35.6 Å². The number of carbonyl (C=O) groups is 1. The number of ether oxygens (including phenoxy) is 1. The number of carbonyl (C=O) groups excluding carboxylic acids is 1. The Morgan fingerprint density at radius 3 is 2.81 bits per heavy atom. The van der Waals surface area contributed by atoms with Gasteiger partial charge in [0.25, 0.3) is 5.91 Å². The number of halogens is 1. The lowest BCUT2D eigenvalue weighted by Gasteiger charge is -2.32. The van der Waals surface area contributed by atoms with Crippen molar-refractivity contribution < 1.29 is 9.53 Å². The Morgan fingerprint density at radius 2 is 1.97 bits per heavy atom. The number of rotatable bonds is 4. The van der Waals surface area contributed by atoms with Crippen LogP contribution in [0, 0.1) is 6.92 Å². The average molecular weight is 438 g/mol. The lowest BCUT2D eigenvalue weighted by atomic mass is 9.87. The Morgan fingerprint density at radius 1 is 1.13 bits per heavy atom. The minimum absolute atomic E-state index is 0. The zero-order chi connectivity index (χ0) is 20.5. The number of hydrogen-bond acceptors (Lipinski definition) is 4. The first kappa shape index (κ1) is 21.6. The second-order valence-electron chi connectivity index (χ2n) is 8.40. The third-order valence-corrected chi connectivity index (χ3v) is 6.33. The largest absolute Gasteiger partial charge is 0.482 e. The van der Waals surface area contributed by atoms with E-state index in [1.807, 2.05) is 19.1 Å². The summed E-state index contributed by atoms with van der Waals surface area (Å²) in [5, 5.41) is 4.20. The molecule has 3 heterocycles. The first-order chi connectivity index (χ1) is 14.7. The van der Waals surface area contributed by atoms with Crippen molar-refractivity contribution in [3.8, 4) is 5.75 Å². The first-order valence-electron chi connectivity index (χ1n) is 10.8. The van der Waals surface area contributed by atoms with Crippen molar-refractivity contribution in [2.75, 3.05) is 31.6 Å². The maximum Gasteiger partial charge on any atom is 0.262 e. The second-order valence-corrected chi connectivity index (χ2v) is 8.40. The van der Waals surface area contributed by atoms with Gasteiger partial charge in [-0.25, -0.2) is 0 Å². The molecule has 5 rings (SSSR count). The van der Waals surface area contributed by atoms with Crippen LogP contribution in [0.4, 0.5) is 5.69 Å².